The fourth-order valence-electron chi connectivity index (χ4n) is 2.34. The lowest BCUT2D eigenvalue weighted by molar-refractivity contribution is -0.384. The Bertz CT molecular complexity index is 1020. The molecule has 0 aliphatic rings. The summed E-state index contributed by atoms with van der Waals surface area (Å²) in [5, 5.41) is 21.6. The van der Waals surface area contributed by atoms with Crippen LogP contribution in [0.25, 0.3) is 11.5 Å². The number of nitro groups is 1. The summed E-state index contributed by atoms with van der Waals surface area (Å²) in [7, 11) is 2.98. The zero-order valence-corrected chi connectivity index (χ0v) is 16.3. The van der Waals surface area contributed by atoms with E-state index in [4.69, 9.17) is 13.9 Å². The molecular weight excluding hydrogens is 400 g/mol. The lowest BCUT2D eigenvalue weighted by Crippen LogP contribution is -2.14. The van der Waals surface area contributed by atoms with Gasteiger partial charge in [0.25, 0.3) is 10.9 Å². The highest BCUT2D eigenvalue weighted by Crippen LogP contribution is 2.29. The van der Waals surface area contributed by atoms with E-state index in [0.29, 0.717) is 17.4 Å². The fourth-order valence-corrected chi connectivity index (χ4v) is 2.90. The van der Waals surface area contributed by atoms with Gasteiger partial charge in [-0.2, -0.15) is 0 Å². The summed E-state index contributed by atoms with van der Waals surface area (Å²) in [6.07, 6.45) is 0. The molecule has 1 heterocycles. The van der Waals surface area contributed by atoms with Crippen molar-refractivity contribution in [2.24, 2.45) is 0 Å². The van der Waals surface area contributed by atoms with Crippen LogP contribution in [-0.4, -0.2) is 41.0 Å². The Hall–Kier alpha value is -3.60. The highest BCUT2D eigenvalue weighted by molar-refractivity contribution is 7.99. The number of benzene rings is 2. The second-order valence-corrected chi connectivity index (χ2v) is 6.51. The summed E-state index contributed by atoms with van der Waals surface area (Å²) in [6, 6.07) is 11.0. The first kappa shape index (κ1) is 20.1. The summed E-state index contributed by atoms with van der Waals surface area (Å²) >= 11 is 1.04. The van der Waals surface area contributed by atoms with Crippen LogP contribution in [0.3, 0.4) is 0 Å². The molecule has 3 aromatic rings. The van der Waals surface area contributed by atoms with Crippen LogP contribution in [0.1, 0.15) is 0 Å². The Labute approximate surface area is 169 Å². The van der Waals surface area contributed by atoms with E-state index in [2.05, 4.69) is 15.5 Å². The summed E-state index contributed by atoms with van der Waals surface area (Å²) < 4.78 is 15.8. The third kappa shape index (κ3) is 5.02. The molecule has 150 valence electrons. The molecule has 1 N–H and O–H groups in total. The van der Waals surface area contributed by atoms with E-state index in [1.165, 1.54) is 25.3 Å². The second-order valence-electron chi connectivity index (χ2n) is 5.58. The maximum Gasteiger partial charge on any atom is 0.277 e. The van der Waals surface area contributed by atoms with Gasteiger partial charge in [-0.15, -0.1) is 10.2 Å². The van der Waals surface area contributed by atoms with E-state index in [-0.39, 0.29) is 22.4 Å². The summed E-state index contributed by atoms with van der Waals surface area (Å²) in [5.41, 5.74) is 0.766. The molecule has 0 spiro atoms. The molecule has 0 aliphatic heterocycles. The van der Waals surface area contributed by atoms with Crippen molar-refractivity contribution in [3.05, 3.63) is 52.6 Å². The minimum absolute atomic E-state index is 0.0317. The second kappa shape index (κ2) is 9.06. The van der Waals surface area contributed by atoms with E-state index in [0.717, 1.165) is 17.3 Å². The van der Waals surface area contributed by atoms with E-state index in [1.807, 2.05) is 0 Å². The number of ether oxygens (including phenoxy) is 2. The van der Waals surface area contributed by atoms with Gasteiger partial charge in [0.15, 0.2) is 0 Å². The van der Waals surface area contributed by atoms with E-state index < -0.39 is 10.8 Å². The van der Waals surface area contributed by atoms with E-state index in [9.17, 15) is 14.9 Å². The largest absolute Gasteiger partial charge is 0.497 e. The molecule has 1 aromatic heterocycles. The fraction of sp³-hybridized carbons (Fsp3) is 0.167. The minimum Gasteiger partial charge on any atom is -0.497 e. The van der Waals surface area contributed by atoms with Gasteiger partial charge < -0.3 is 19.2 Å². The maximum absolute atomic E-state index is 12.2. The van der Waals surface area contributed by atoms with E-state index >= 15 is 0 Å². The van der Waals surface area contributed by atoms with Crippen molar-refractivity contribution < 1.29 is 23.6 Å². The number of methoxy groups -OCH3 is 2. The number of non-ortho nitro benzene ring substituents is 1. The molecule has 1 amide bonds. The Balaban J connectivity index is 1.62. The zero-order chi connectivity index (χ0) is 20.8. The van der Waals surface area contributed by atoms with Crippen LogP contribution >= 0.6 is 11.8 Å². The van der Waals surface area contributed by atoms with Crippen LogP contribution in [0.2, 0.25) is 0 Å². The molecule has 0 fully saturated rings. The predicted octanol–water partition coefficient (Wildman–Crippen LogP) is 3.39. The van der Waals surface area contributed by atoms with Gasteiger partial charge in [-0.3, -0.25) is 14.9 Å². The maximum atomic E-state index is 12.2. The number of rotatable bonds is 8. The van der Waals surface area contributed by atoms with Gasteiger partial charge in [0.05, 0.1) is 30.6 Å². The Morgan fingerprint density at radius 2 is 1.93 bits per heavy atom. The van der Waals surface area contributed by atoms with Gasteiger partial charge in [-0.05, 0) is 30.3 Å². The summed E-state index contributed by atoms with van der Waals surface area (Å²) in [6.45, 7) is 0. The molecule has 2 aromatic carbocycles. The van der Waals surface area contributed by atoms with Crippen LogP contribution in [0.4, 0.5) is 11.4 Å². The third-order valence-electron chi connectivity index (χ3n) is 3.74. The Kier molecular flexibility index (Phi) is 6.29. The Morgan fingerprint density at radius 3 is 2.59 bits per heavy atom. The number of carbonyl (C=O) groups is 1. The van der Waals surface area contributed by atoms with Crippen LogP contribution in [0, 0.1) is 10.1 Å². The number of carbonyl (C=O) groups excluding carboxylic acids is 1. The van der Waals surface area contributed by atoms with Crippen LogP contribution < -0.4 is 14.8 Å². The molecule has 11 heteroatoms. The number of nitrogens with one attached hydrogen (secondary N) is 1. The van der Waals surface area contributed by atoms with Crippen molar-refractivity contribution in [1.82, 2.24) is 10.2 Å². The van der Waals surface area contributed by atoms with Crippen molar-refractivity contribution in [3.8, 4) is 23.0 Å². The summed E-state index contributed by atoms with van der Waals surface area (Å²) in [5.74, 6) is 0.898. The molecule has 0 unspecified atom stereocenters. The molecule has 0 saturated carbocycles. The third-order valence-corrected chi connectivity index (χ3v) is 4.56. The highest BCUT2D eigenvalue weighted by atomic mass is 32.2. The zero-order valence-electron chi connectivity index (χ0n) is 15.4. The number of amides is 1. The number of nitrogens with zero attached hydrogens (tertiary/aromatic N) is 3. The monoisotopic (exact) mass is 416 g/mol. The molecule has 10 nitrogen and oxygen atoms in total. The average Bonchev–Trinajstić information content (AvgIpc) is 3.21. The number of aromatic nitrogens is 2. The topological polar surface area (TPSA) is 130 Å². The quantitative estimate of drug-likeness (QED) is 0.333. The lowest BCUT2D eigenvalue weighted by Gasteiger charge is -2.09. The number of nitro benzene ring substituents is 1. The normalized spacial score (nSPS) is 10.4. The van der Waals surface area contributed by atoms with Crippen LogP contribution in [0.5, 0.6) is 11.5 Å². The predicted molar refractivity (Wildman–Crippen MR) is 105 cm³/mol. The van der Waals surface area contributed by atoms with Crippen molar-refractivity contribution in [3.63, 3.8) is 0 Å². The van der Waals surface area contributed by atoms with Crippen molar-refractivity contribution in [2.75, 3.05) is 25.3 Å². The number of hydrogen-bond donors (Lipinski definition) is 1. The number of hydrogen-bond acceptors (Lipinski definition) is 9. The molecule has 29 heavy (non-hydrogen) atoms. The van der Waals surface area contributed by atoms with Gasteiger partial charge in [0, 0.05) is 17.7 Å². The SMILES string of the molecule is COc1ccc(-c2nnc(SCC(=O)Nc3cc([N+](=O)[O-])ccc3OC)o2)cc1. The molecule has 0 bridgehead atoms. The first-order valence-electron chi connectivity index (χ1n) is 8.23. The first-order valence-corrected chi connectivity index (χ1v) is 9.21. The van der Waals surface area contributed by atoms with Gasteiger partial charge in [-0.25, -0.2) is 0 Å². The van der Waals surface area contributed by atoms with Crippen molar-refractivity contribution in [2.45, 2.75) is 5.22 Å². The van der Waals surface area contributed by atoms with Gasteiger partial charge in [0.2, 0.25) is 11.8 Å². The van der Waals surface area contributed by atoms with Gasteiger partial charge in [-0.1, -0.05) is 11.8 Å². The number of thioether (sulfide) groups is 1. The van der Waals surface area contributed by atoms with Crippen LogP contribution in [0.15, 0.2) is 52.1 Å². The Morgan fingerprint density at radius 1 is 1.17 bits per heavy atom. The van der Waals surface area contributed by atoms with Crippen molar-refractivity contribution in [1.29, 1.82) is 0 Å². The smallest absolute Gasteiger partial charge is 0.277 e. The van der Waals surface area contributed by atoms with Gasteiger partial charge in [0.1, 0.15) is 11.5 Å². The lowest BCUT2D eigenvalue weighted by atomic mass is 10.2. The molecule has 0 atom stereocenters. The highest BCUT2D eigenvalue weighted by Gasteiger charge is 2.15. The molecule has 0 saturated heterocycles. The molecular formula is C18H16N4O6S. The number of anilines is 1. The molecule has 0 aliphatic carbocycles. The molecule has 0 radical (unpaired) electrons. The van der Waals surface area contributed by atoms with Gasteiger partial charge >= 0.3 is 0 Å². The molecule has 3 rings (SSSR count). The first-order chi connectivity index (χ1) is 14.0. The van der Waals surface area contributed by atoms with Crippen LogP contribution in [-0.2, 0) is 4.79 Å². The van der Waals surface area contributed by atoms with E-state index in [1.54, 1.807) is 31.4 Å². The minimum atomic E-state index is -0.553. The average molecular weight is 416 g/mol. The standard InChI is InChI=1S/C18H16N4O6S/c1-26-13-6-3-11(4-7-13)17-20-21-18(28-17)29-10-16(23)19-14-9-12(22(24)25)5-8-15(14)27-2/h3-9H,10H2,1-2H3,(H,19,23). The summed E-state index contributed by atoms with van der Waals surface area (Å²) in [4.78, 5) is 22.6. The van der Waals surface area contributed by atoms with Crippen molar-refractivity contribution >= 4 is 29.0 Å².